The molecule has 0 radical (unpaired) electrons. The van der Waals surface area contributed by atoms with Gasteiger partial charge in [0.1, 0.15) is 18.0 Å². The summed E-state index contributed by atoms with van der Waals surface area (Å²) in [5, 5.41) is 11.5. The molecule has 1 rings (SSSR count). The number of carboxylic acid groups (broad SMARTS) is 1. The molecule has 1 heterocycles. The standard InChI is InChI=1S/C10H16N4O2/c1-14(2)9-6-8(12-7-13-9)11-5-3-4-10(15)16/h6-7H,3-5H2,1-2H3,(H,15,16)(H,11,12,13). The number of carbonyl (C=O) groups is 1. The second-order valence-corrected chi connectivity index (χ2v) is 3.58. The van der Waals surface area contributed by atoms with Gasteiger partial charge in [0, 0.05) is 33.1 Å². The first-order valence-electron chi connectivity index (χ1n) is 5.04. The molecule has 0 amide bonds. The summed E-state index contributed by atoms with van der Waals surface area (Å²) in [4.78, 5) is 20.3. The first kappa shape index (κ1) is 12.2. The molecule has 0 fully saturated rings. The van der Waals surface area contributed by atoms with Crippen LogP contribution in [0.5, 0.6) is 0 Å². The number of nitrogens with one attached hydrogen (secondary N) is 1. The van der Waals surface area contributed by atoms with E-state index in [2.05, 4.69) is 15.3 Å². The van der Waals surface area contributed by atoms with Gasteiger partial charge in [-0.3, -0.25) is 4.79 Å². The maximum absolute atomic E-state index is 10.3. The van der Waals surface area contributed by atoms with Crippen LogP contribution in [0.2, 0.25) is 0 Å². The van der Waals surface area contributed by atoms with Crippen molar-refractivity contribution in [2.24, 2.45) is 0 Å². The molecule has 0 aliphatic rings. The van der Waals surface area contributed by atoms with Gasteiger partial charge >= 0.3 is 5.97 Å². The highest BCUT2D eigenvalue weighted by Gasteiger charge is 2.00. The molecule has 1 aromatic heterocycles. The minimum atomic E-state index is -0.779. The third kappa shape index (κ3) is 4.12. The second-order valence-electron chi connectivity index (χ2n) is 3.58. The van der Waals surface area contributed by atoms with E-state index in [0.29, 0.717) is 18.8 Å². The molecule has 16 heavy (non-hydrogen) atoms. The molecule has 0 aliphatic carbocycles. The Morgan fingerprint density at radius 3 is 2.88 bits per heavy atom. The fraction of sp³-hybridized carbons (Fsp3) is 0.500. The number of hydrogen-bond acceptors (Lipinski definition) is 5. The van der Waals surface area contributed by atoms with Crippen LogP contribution in [-0.4, -0.2) is 41.7 Å². The van der Waals surface area contributed by atoms with Crippen LogP contribution in [0.1, 0.15) is 12.8 Å². The van der Waals surface area contributed by atoms with Gasteiger partial charge in [0.05, 0.1) is 0 Å². The minimum Gasteiger partial charge on any atom is -0.481 e. The molecule has 1 aromatic rings. The number of rotatable bonds is 6. The van der Waals surface area contributed by atoms with Crippen molar-refractivity contribution >= 4 is 17.6 Å². The second kappa shape index (κ2) is 5.89. The largest absolute Gasteiger partial charge is 0.481 e. The van der Waals surface area contributed by atoms with Crippen LogP contribution in [0.4, 0.5) is 11.6 Å². The molecule has 6 heteroatoms. The van der Waals surface area contributed by atoms with Gasteiger partial charge in [0.25, 0.3) is 0 Å². The van der Waals surface area contributed by atoms with Crippen LogP contribution in [0.3, 0.4) is 0 Å². The number of aliphatic carboxylic acids is 1. The molecular formula is C10H16N4O2. The molecule has 0 aromatic carbocycles. The van der Waals surface area contributed by atoms with Crippen molar-refractivity contribution in [1.29, 1.82) is 0 Å². The van der Waals surface area contributed by atoms with Crippen molar-refractivity contribution in [3.05, 3.63) is 12.4 Å². The summed E-state index contributed by atoms with van der Waals surface area (Å²) in [5.41, 5.74) is 0. The Hall–Kier alpha value is -1.85. The number of anilines is 2. The Labute approximate surface area is 94.3 Å². The molecule has 0 atom stereocenters. The lowest BCUT2D eigenvalue weighted by Crippen LogP contribution is -2.12. The third-order valence-corrected chi connectivity index (χ3v) is 1.98. The smallest absolute Gasteiger partial charge is 0.303 e. The molecule has 0 unspecified atom stereocenters. The van der Waals surface area contributed by atoms with Gasteiger partial charge in [0.15, 0.2) is 0 Å². The van der Waals surface area contributed by atoms with E-state index < -0.39 is 5.97 Å². The van der Waals surface area contributed by atoms with Crippen LogP contribution in [0.15, 0.2) is 12.4 Å². The Balaban J connectivity index is 2.42. The Morgan fingerprint density at radius 2 is 2.25 bits per heavy atom. The van der Waals surface area contributed by atoms with Gasteiger partial charge < -0.3 is 15.3 Å². The predicted molar refractivity (Wildman–Crippen MR) is 61.7 cm³/mol. The minimum absolute atomic E-state index is 0.165. The lowest BCUT2D eigenvalue weighted by molar-refractivity contribution is -0.137. The Bertz CT molecular complexity index is 354. The molecule has 0 aliphatic heterocycles. The van der Waals surface area contributed by atoms with E-state index in [-0.39, 0.29) is 6.42 Å². The summed E-state index contributed by atoms with van der Waals surface area (Å²) in [5.74, 6) is 0.748. The predicted octanol–water partition coefficient (Wildman–Crippen LogP) is 0.819. The zero-order chi connectivity index (χ0) is 12.0. The summed E-state index contributed by atoms with van der Waals surface area (Å²) in [6.07, 6.45) is 2.23. The first-order chi connectivity index (χ1) is 7.59. The van der Waals surface area contributed by atoms with Gasteiger partial charge in [0.2, 0.25) is 0 Å². The number of aromatic nitrogens is 2. The van der Waals surface area contributed by atoms with Crippen molar-refractivity contribution < 1.29 is 9.90 Å². The fourth-order valence-electron chi connectivity index (χ4n) is 1.14. The average molecular weight is 224 g/mol. The zero-order valence-corrected chi connectivity index (χ0v) is 9.47. The van der Waals surface area contributed by atoms with Crippen LogP contribution in [-0.2, 0) is 4.79 Å². The SMILES string of the molecule is CN(C)c1cc(NCCCC(=O)O)ncn1. The highest BCUT2D eigenvalue weighted by Crippen LogP contribution is 2.10. The lowest BCUT2D eigenvalue weighted by Gasteiger charge is -2.12. The summed E-state index contributed by atoms with van der Waals surface area (Å²) in [6.45, 7) is 0.593. The maximum atomic E-state index is 10.3. The highest BCUT2D eigenvalue weighted by molar-refractivity contribution is 5.66. The van der Waals surface area contributed by atoms with E-state index in [1.165, 1.54) is 6.33 Å². The molecule has 0 saturated carbocycles. The van der Waals surface area contributed by atoms with Gasteiger partial charge in [-0.05, 0) is 6.42 Å². The van der Waals surface area contributed by atoms with Crippen molar-refractivity contribution in [3.8, 4) is 0 Å². The topological polar surface area (TPSA) is 78.4 Å². The first-order valence-corrected chi connectivity index (χ1v) is 5.04. The summed E-state index contributed by atoms with van der Waals surface area (Å²) in [7, 11) is 3.80. The molecular weight excluding hydrogens is 208 g/mol. The van der Waals surface area contributed by atoms with Crippen LogP contribution in [0.25, 0.3) is 0 Å². The molecule has 6 nitrogen and oxygen atoms in total. The van der Waals surface area contributed by atoms with Crippen LogP contribution >= 0.6 is 0 Å². The molecule has 0 bridgehead atoms. The Morgan fingerprint density at radius 1 is 1.50 bits per heavy atom. The quantitative estimate of drug-likeness (QED) is 0.696. The van der Waals surface area contributed by atoms with E-state index >= 15 is 0 Å². The molecule has 0 saturated heterocycles. The van der Waals surface area contributed by atoms with E-state index in [9.17, 15) is 4.79 Å². The normalized spacial score (nSPS) is 9.88. The van der Waals surface area contributed by atoms with E-state index in [0.717, 1.165) is 5.82 Å². The van der Waals surface area contributed by atoms with Crippen molar-refractivity contribution in [3.63, 3.8) is 0 Å². The number of carboxylic acids is 1. The number of hydrogen-bond donors (Lipinski definition) is 2. The van der Waals surface area contributed by atoms with Crippen molar-refractivity contribution in [2.75, 3.05) is 30.9 Å². The Kier molecular flexibility index (Phi) is 4.50. The van der Waals surface area contributed by atoms with Crippen molar-refractivity contribution in [2.45, 2.75) is 12.8 Å². The lowest BCUT2D eigenvalue weighted by atomic mass is 10.3. The summed E-state index contributed by atoms with van der Waals surface area (Å²) >= 11 is 0. The number of nitrogens with zero attached hydrogens (tertiary/aromatic N) is 3. The van der Waals surface area contributed by atoms with Gasteiger partial charge in [-0.15, -0.1) is 0 Å². The maximum Gasteiger partial charge on any atom is 0.303 e. The fourth-order valence-corrected chi connectivity index (χ4v) is 1.14. The summed E-state index contributed by atoms with van der Waals surface area (Å²) in [6, 6.07) is 1.82. The van der Waals surface area contributed by atoms with Crippen LogP contribution < -0.4 is 10.2 Å². The van der Waals surface area contributed by atoms with Gasteiger partial charge in [-0.1, -0.05) is 0 Å². The zero-order valence-electron chi connectivity index (χ0n) is 9.47. The highest BCUT2D eigenvalue weighted by atomic mass is 16.4. The average Bonchev–Trinajstić information content (AvgIpc) is 2.24. The van der Waals surface area contributed by atoms with E-state index in [1.807, 2.05) is 25.1 Å². The van der Waals surface area contributed by atoms with Crippen LogP contribution in [0, 0.1) is 0 Å². The van der Waals surface area contributed by atoms with E-state index in [1.54, 1.807) is 0 Å². The molecule has 88 valence electrons. The molecule has 2 N–H and O–H groups in total. The van der Waals surface area contributed by atoms with E-state index in [4.69, 9.17) is 5.11 Å². The van der Waals surface area contributed by atoms with Gasteiger partial charge in [-0.2, -0.15) is 0 Å². The summed E-state index contributed by atoms with van der Waals surface area (Å²) < 4.78 is 0. The van der Waals surface area contributed by atoms with Crippen molar-refractivity contribution in [1.82, 2.24) is 9.97 Å². The monoisotopic (exact) mass is 224 g/mol. The molecule has 0 spiro atoms. The van der Waals surface area contributed by atoms with Gasteiger partial charge in [-0.25, -0.2) is 9.97 Å². The third-order valence-electron chi connectivity index (χ3n) is 1.98.